The maximum atomic E-state index is 13.7. The summed E-state index contributed by atoms with van der Waals surface area (Å²) in [4.78, 5) is 47.0. The Morgan fingerprint density at radius 3 is 2.41 bits per heavy atom. The number of aromatic nitrogens is 1. The predicted molar refractivity (Wildman–Crippen MR) is 142 cm³/mol. The van der Waals surface area contributed by atoms with E-state index in [1.807, 2.05) is 42.5 Å². The standard InChI is InChI=1S/C30H28N4O3/c1-20-10-12-21(13-11-20)28-27(24-8-4-5-9-25(24)31-28)29-22-6-2-3-7-23(22)30(37)34(29)18-26(36)33-16-14-32(19-35)15-17-33/h2-13,19,29,31H,14-18H2,1H3/t29-/m1/s1. The van der Waals surface area contributed by atoms with Crippen LogP contribution in [0.5, 0.6) is 0 Å². The highest BCUT2D eigenvalue weighted by atomic mass is 16.2. The molecular weight excluding hydrogens is 464 g/mol. The predicted octanol–water partition coefficient (Wildman–Crippen LogP) is 3.99. The van der Waals surface area contributed by atoms with Crippen LogP contribution in [0, 0.1) is 6.92 Å². The third-order valence-electron chi connectivity index (χ3n) is 7.54. The fourth-order valence-electron chi connectivity index (χ4n) is 5.56. The molecule has 7 nitrogen and oxygen atoms in total. The minimum atomic E-state index is -0.406. The van der Waals surface area contributed by atoms with Crippen molar-refractivity contribution < 1.29 is 14.4 Å². The number of hydrogen-bond donors (Lipinski definition) is 1. The zero-order valence-electron chi connectivity index (χ0n) is 20.7. The molecule has 3 amide bonds. The van der Waals surface area contributed by atoms with Gasteiger partial charge in [-0.2, -0.15) is 0 Å². The summed E-state index contributed by atoms with van der Waals surface area (Å²) in [6.07, 6.45) is 0.822. The Labute approximate surface area is 215 Å². The van der Waals surface area contributed by atoms with Crippen molar-refractivity contribution in [2.45, 2.75) is 13.0 Å². The normalized spacial score (nSPS) is 17.4. The molecule has 37 heavy (non-hydrogen) atoms. The number of fused-ring (bicyclic) bond motifs is 2. The number of amides is 3. The van der Waals surface area contributed by atoms with Crippen LogP contribution in [0.25, 0.3) is 22.2 Å². The third kappa shape index (κ3) is 3.96. The fourth-order valence-corrected chi connectivity index (χ4v) is 5.56. The smallest absolute Gasteiger partial charge is 0.255 e. The van der Waals surface area contributed by atoms with Gasteiger partial charge < -0.3 is 19.7 Å². The number of carbonyl (C=O) groups excluding carboxylic acids is 3. The van der Waals surface area contributed by atoms with Crippen molar-refractivity contribution in [1.29, 1.82) is 0 Å². The molecule has 6 rings (SSSR count). The van der Waals surface area contributed by atoms with E-state index in [0.29, 0.717) is 31.7 Å². The number of carbonyl (C=O) groups is 3. The van der Waals surface area contributed by atoms with Gasteiger partial charge in [-0.3, -0.25) is 14.4 Å². The van der Waals surface area contributed by atoms with Crippen LogP contribution < -0.4 is 0 Å². The number of aryl methyl sites for hydroxylation is 1. The first-order chi connectivity index (χ1) is 18.0. The fraction of sp³-hybridized carbons (Fsp3) is 0.233. The van der Waals surface area contributed by atoms with Gasteiger partial charge in [0.15, 0.2) is 0 Å². The van der Waals surface area contributed by atoms with Crippen LogP contribution in [-0.4, -0.2) is 70.6 Å². The lowest BCUT2D eigenvalue weighted by Crippen LogP contribution is -2.51. The highest BCUT2D eigenvalue weighted by Crippen LogP contribution is 2.45. The van der Waals surface area contributed by atoms with Gasteiger partial charge in [0.05, 0.1) is 11.7 Å². The number of aromatic amines is 1. The van der Waals surface area contributed by atoms with E-state index in [-0.39, 0.29) is 18.4 Å². The van der Waals surface area contributed by atoms with Gasteiger partial charge in [0.1, 0.15) is 6.54 Å². The quantitative estimate of drug-likeness (QED) is 0.428. The Bertz CT molecular complexity index is 1500. The lowest BCUT2D eigenvalue weighted by Gasteiger charge is -2.34. The second kappa shape index (κ2) is 9.24. The second-order valence-electron chi connectivity index (χ2n) is 9.77. The number of nitrogens with one attached hydrogen (secondary N) is 1. The molecule has 1 fully saturated rings. The van der Waals surface area contributed by atoms with Gasteiger partial charge in [-0.05, 0) is 30.2 Å². The van der Waals surface area contributed by atoms with E-state index < -0.39 is 6.04 Å². The number of nitrogens with zero attached hydrogens (tertiary/aromatic N) is 3. The van der Waals surface area contributed by atoms with Crippen molar-refractivity contribution in [1.82, 2.24) is 19.7 Å². The Balaban J connectivity index is 1.45. The molecule has 4 aromatic rings. The van der Waals surface area contributed by atoms with E-state index >= 15 is 0 Å². The molecule has 2 aliphatic rings. The summed E-state index contributed by atoms with van der Waals surface area (Å²) < 4.78 is 0. The van der Waals surface area contributed by atoms with Gasteiger partial charge in [-0.25, -0.2) is 0 Å². The maximum absolute atomic E-state index is 13.7. The van der Waals surface area contributed by atoms with Gasteiger partial charge in [-0.15, -0.1) is 0 Å². The zero-order chi connectivity index (χ0) is 25.5. The van der Waals surface area contributed by atoms with E-state index in [9.17, 15) is 14.4 Å². The summed E-state index contributed by atoms with van der Waals surface area (Å²) in [5.74, 6) is -0.242. The molecule has 0 bridgehead atoms. The first kappa shape index (κ1) is 23.0. The number of rotatable bonds is 5. The van der Waals surface area contributed by atoms with Gasteiger partial charge in [0.25, 0.3) is 5.91 Å². The Hall–Kier alpha value is -4.39. The minimum absolute atomic E-state index is 0.0217. The summed E-state index contributed by atoms with van der Waals surface area (Å²) in [7, 11) is 0. The molecule has 0 spiro atoms. The minimum Gasteiger partial charge on any atom is -0.354 e. The monoisotopic (exact) mass is 492 g/mol. The van der Waals surface area contributed by atoms with E-state index in [1.165, 1.54) is 5.56 Å². The van der Waals surface area contributed by atoms with Crippen molar-refractivity contribution in [3.05, 3.63) is 95.1 Å². The number of H-pyrrole nitrogens is 1. The van der Waals surface area contributed by atoms with Crippen LogP contribution in [0.1, 0.15) is 33.1 Å². The first-order valence-corrected chi connectivity index (χ1v) is 12.6. The molecule has 0 unspecified atom stereocenters. The van der Waals surface area contributed by atoms with Crippen molar-refractivity contribution in [2.75, 3.05) is 32.7 Å². The topological polar surface area (TPSA) is 76.7 Å². The Kier molecular flexibility index (Phi) is 5.75. The van der Waals surface area contributed by atoms with Crippen LogP contribution in [0.2, 0.25) is 0 Å². The molecule has 7 heteroatoms. The van der Waals surface area contributed by atoms with Gasteiger partial charge in [0.2, 0.25) is 12.3 Å². The van der Waals surface area contributed by atoms with Crippen molar-refractivity contribution in [3.8, 4) is 11.3 Å². The lowest BCUT2D eigenvalue weighted by atomic mass is 9.93. The van der Waals surface area contributed by atoms with E-state index in [0.717, 1.165) is 39.7 Å². The van der Waals surface area contributed by atoms with Crippen LogP contribution in [0.15, 0.2) is 72.8 Å². The molecule has 0 saturated carbocycles. The molecule has 1 N–H and O–H groups in total. The number of hydrogen-bond acceptors (Lipinski definition) is 3. The van der Waals surface area contributed by atoms with Crippen molar-refractivity contribution in [3.63, 3.8) is 0 Å². The summed E-state index contributed by atoms with van der Waals surface area (Å²) in [6.45, 7) is 3.99. The number of piperazine rings is 1. The van der Waals surface area contributed by atoms with Crippen LogP contribution in [0.4, 0.5) is 0 Å². The maximum Gasteiger partial charge on any atom is 0.255 e. The van der Waals surface area contributed by atoms with E-state index in [1.54, 1.807) is 14.7 Å². The summed E-state index contributed by atoms with van der Waals surface area (Å²) in [5.41, 5.74) is 6.68. The van der Waals surface area contributed by atoms with Crippen LogP contribution >= 0.6 is 0 Å². The molecular formula is C30H28N4O3. The number of para-hydroxylation sites is 1. The van der Waals surface area contributed by atoms with E-state index in [4.69, 9.17) is 0 Å². The van der Waals surface area contributed by atoms with Gasteiger partial charge >= 0.3 is 0 Å². The largest absolute Gasteiger partial charge is 0.354 e. The summed E-state index contributed by atoms with van der Waals surface area (Å²) in [6, 6.07) is 23.7. The van der Waals surface area contributed by atoms with Gasteiger partial charge in [0, 0.05) is 48.2 Å². The molecule has 1 atom stereocenters. The van der Waals surface area contributed by atoms with E-state index in [2.05, 4.69) is 42.2 Å². The molecule has 0 radical (unpaired) electrons. The highest BCUT2D eigenvalue weighted by Gasteiger charge is 2.41. The average molecular weight is 493 g/mol. The average Bonchev–Trinajstić information content (AvgIpc) is 3.44. The molecule has 0 aliphatic carbocycles. The number of benzene rings is 3. The first-order valence-electron chi connectivity index (χ1n) is 12.6. The third-order valence-corrected chi connectivity index (χ3v) is 7.54. The van der Waals surface area contributed by atoms with Crippen molar-refractivity contribution >= 4 is 29.1 Å². The van der Waals surface area contributed by atoms with Gasteiger partial charge in [-0.1, -0.05) is 66.2 Å². The molecule has 2 aliphatic heterocycles. The van der Waals surface area contributed by atoms with Crippen LogP contribution in [-0.2, 0) is 9.59 Å². The van der Waals surface area contributed by atoms with Crippen LogP contribution in [0.3, 0.4) is 0 Å². The summed E-state index contributed by atoms with van der Waals surface area (Å²) in [5, 5.41) is 1.03. The SMILES string of the molecule is Cc1ccc(-c2[nH]c3ccccc3c2[C@H]2c3ccccc3C(=O)N2CC(=O)N2CCN(C=O)CC2)cc1. The lowest BCUT2D eigenvalue weighted by molar-refractivity contribution is -0.135. The molecule has 186 valence electrons. The highest BCUT2D eigenvalue weighted by molar-refractivity contribution is 6.03. The second-order valence-corrected chi connectivity index (χ2v) is 9.77. The molecule has 3 aromatic carbocycles. The molecule has 1 aromatic heterocycles. The summed E-state index contributed by atoms with van der Waals surface area (Å²) >= 11 is 0. The molecule has 1 saturated heterocycles. The molecule has 3 heterocycles. The van der Waals surface area contributed by atoms with Crippen molar-refractivity contribution in [2.24, 2.45) is 0 Å². The Morgan fingerprint density at radius 2 is 1.65 bits per heavy atom. The Morgan fingerprint density at radius 1 is 0.946 bits per heavy atom. The zero-order valence-corrected chi connectivity index (χ0v) is 20.7.